The van der Waals surface area contributed by atoms with Gasteiger partial charge in [0.1, 0.15) is 11.6 Å². The Kier molecular flexibility index (Phi) is 3.28. The highest BCUT2D eigenvalue weighted by atomic mass is 35.5. The first-order valence-electron chi connectivity index (χ1n) is 5.11. The zero-order valence-corrected chi connectivity index (χ0v) is 10.3. The number of aromatic nitrogens is 3. The highest BCUT2D eigenvalue weighted by molar-refractivity contribution is 6.33. The minimum atomic E-state index is -0.352. The molecule has 0 atom stereocenters. The summed E-state index contributed by atoms with van der Waals surface area (Å²) >= 11 is 5.90. The summed E-state index contributed by atoms with van der Waals surface area (Å²) in [7, 11) is 1.89. The Hall–Kier alpha value is -1.62. The van der Waals surface area contributed by atoms with Gasteiger partial charge in [-0.2, -0.15) is 0 Å². The molecule has 4 nitrogen and oxygen atoms in total. The minimum absolute atomic E-state index is 0.351. The number of anilines is 1. The van der Waals surface area contributed by atoms with Gasteiger partial charge in [0.2, 0.25) is 0 Å². The Balaban J connectivity index is 2.10. The van der Waals surface area contributed by atoms with E-state index in [1.54, 1.807) is 6.07 Å². The third kappa shape index (κ3) is 2.55. The van der Waals surface area contributed by atoms with Crippen LogP contribution in [0.25, 0.3) is 0 Å². The fraction of sp³-hybridized carbons (Fsp3) is 0.273. The monoisotopic (exact) mass is 254 g/mol. The molecule has 0 saturated heterocycles. The molecule has 17 heavy (non-hydrogen) atoms. The van der Waals surface area contributed by atoms with E-state index in [1.165, 1.54) is 12.1 Å². The van der Waals surface area contributed by atoms with Crippen molar-refractivity contribution < 1.29 is 4.39 Å². The highest BCUT2D eigenvalue weighted by Crippen LogP contribution is 2.22. The van der Waals surface area contributed by atoms with Crippen LogP contribution in [0.1, 0.15) is 11.6 Å². The molecule has 1 N–H and O–H groups in total. The molecule has 0 fully saturated rings. The van der Waals surface area contributed by atoms with Crippen LogP contribution in [-0.4, -0.2) is 14.8 Å². The van der Waals surface area contributed by atoms with Crippen LogP contribution >= 0.6 is 11.6 Å². The maximum atomic E-state index is 12.8. The third-order valence-electron chi connectivity index (χ3n) is 2.55. The zero-order chi connectivity index (χ0) is 12.4. The van der Waals surface area contributed by atoms with Crippen molar-refractivity contribution in [3.8, 4) is 0 Å². The fourth-order valence-corrected chi connectivity index (χ4v) is 1.65. The van der Waals surface area contributed by atoms with Gasteiger partial charge < -0.3 is 9.88 Å². The van der Waals surface area contributed by atoms with Crippen molar-refractivity contribution in [2.75, 3.05) is 5.32 Å². The Morgan fingerprint density at radius 2 is 2.18 bits per heavy atom. The van der Waals surface area contributed by atoms with Gasteiger partial charge >= 0.3 is 0 Å². The number of hydrogen-bond acceptors (Lipinski definition) is 3. The molecule has 2 rings (SSSR count). The summed E-state index contributed by atoms with van der Waals surface area (Å²) in [6, 6.07) is 4.23. The van der Waals surface area contributed by atoms with Gasteiger partial charge in [-0.3, -0.25) is 0 Å². The van der Waals surface area contributed by atoms with E-state index in [0.717, 1.165) is 11.6 Å². The molecule has 0 spiro atoms. The number of halogens is 2. The van der Waals surface area contributed by atoms with Crippen LogP contribution in [0, 0.1) is 12.7 Å². The topological polar surface area (TPSA) is 42.7 Å². The van der Waals surface area contributed by atoms with E-state index in [0.29, 0.717) is 17.3 Å². The average Bonchev–Trinajstić information content (AvgIpc) is 2.59. The van der Waals surface area contributed by atoms with Gasteiger partial charge in [0, 0.05) is 7.05 Å². The van der Waals surface area contributed by atoms with E-state index in [4.69, 9.17) is 11.6 Å². The van der Waals surface area contributed by atoms with Crippen LogP contribution < -0.4 is 5.32 Å². The van der Waals surface area contributed by atoms with Crippen molar-refractivity contribution in [2.24, 2.45) is 7.05 Å². The largest absolute Gasteiger partial charge is 0.377 e. The van der Waals surface area contributed by atoms with E-state index < -0.39 is 0 Å². The molecule has 0 bridgehead atoms. The summed E-state index contributed by atoms with van der Waals surface area (Å²) in [6.07, 6.45) is 0. The maximum absolute atomic E-state index is 12.8. The van der Waals surface area contributed by atoms with Crippen molar-refractivity contribution in [1.29, 1.82) is 0 Å². The van der Waals surface area contributed by atoms with Crippen LogP contribution in [0.4, 0.5) is 10.1 Å². The molecule has 0 unspecified atom stereocenters. The van der Waals surface area contributed by atoms with E-state index in [9.17, 15) is 4.39 Å². The Bertz CT molecular complexity index is 538. The molecule has 1 aromatic carbocycles. The molecule has 2 aromatic rings. The number of hydrogen-bond donors (Lipinski definition) is 1. The number of benzene rings is 1. The molecule has 0 amide bonds. The van der Waals surface area contributed by atoms with Crippen LogP contribution in [-0.2, 0) is 13.6 Å². The lowest BCUT2D eigenvalue weighted by molar-refractivity contribution is 0.628. The summed E-state index contributed by atoms with van der Waals surface area (Å²) < 4.78 is 14.7. The lowest BCUT2D eigenvalue weighted by Crippen LogP contribution is -2.07. The molecule has 0 radical (unpaired) electrons. The third-order valence-corrected chi connectivity index (χ3v) is 2.86. The molecule has 6 heteroatoms. The summed E-state index contributed by atoms with van der Waals surface area (Å²) in [6.45, 7) is 2.37. The second kappa shape index (κ2) is 4.71. The summed E-state index contributed by atoms with van der Waals surface area (Å²) in [5, 5.41) is 11.4. The van der Waals surface area contributed by atoms with E-state index >= 15 is 0 Å². The average molecular weight is 255 g/mol. The molecular weight excluding hydrogens is 243 g/mol. The summed E-state index contributed by atoms with van der Waals surface area (Å²) in [4.78, 5) is 0. The quantitative estimate of drug-likeness (QED) is 0.915. The number of nitrogens with zero attached hydrogens (tertiary/aromatic N) is 3. The first-order chi connectivity index (χ1) is 8.08. The SMILES string of the molecule is Cc1nnc(CNc2ccc(F)cc2Cl)n1C. The predicted octanol–water partition coefficient (Wildman–Crippen LogP) is 2.53. The molecule has 90 valence electrons. The lowest BCUT2D eigenvalue weighted by atomic mass is 10.3. The van der Waals surface area contributed by atoms with Crippen LogP contribution in [0.5, 0.6) is 0 Å². The minimum Gasteiger partial charge on any atom is -0.377 e. The molecule has 1 heterocycles. The molecule has 0 aliphatic carbocycles. The van der Waals surface area contributed by atoms with Gasteiger partial charge in [0.05, 0.1) is 17.3 Å². The van der Waals surface area contributed by atoms with Crippen molar-refractivity contribution >= 4 is 17.3 Å². The number of nitrogens with one attached hydrogen (secondary N) is 1. The molecule has 1 aromatic heterocycles. The Labute approximate surface area is 103 Å². The fourth-order valence-electron chi connectivity index (χ4n) is 1.41. The van der Waals surface area contributed by atoms with Crippen molar-refractivity contribution in [3.05, 3.63) is 40.7 Å². The first-order valence-corrected chi connectivity index (χ1v) is 5.49. The normalized spacial score (nSPS) is 10.6. The van der Waals surface area contributed by atoms with Gasteiger partial charge in [-0.1, -0.05) is 11.6 Å². The van der Waals surface area contributed by atoms with Crippen molar-refractivity contribution in [1.82, 2.24) is 14.8 Å². The summed E-state index contributed by atoms with van der Waals surface area (Å²) in [5.41, 5.74) is 0.675. The lowest BCUT2D eigenvalue weighted by Gasteiger charge is -2.07. The standard InChI is InChI=1S/C11H12ClFN4/c1-7-15-16-11(17(7)2)6-14-10-4-3-8(13)5-9(10)12/h3-5,14H,6H2,1-2H3. The van der Waals surface area contributed by atoms with Gasteiger partial charge in [0.25, 0.3) is 0 Å². The van der Waals surface area contributed by atoms with Crippen LogP contribution in [0.15, 0.2) is 18.2 Å². The van der Waals surface area contributed by atoms with Gasteiger partial charge in [0.15, 0.2) is 5.82 Å². The number of aryl methyl sites for hydroxylation is 1. The van der Waals surface area contributed by atoms with E-state index in [1.807, 2.05) is 18.5 Å². The van der Waals surface area contributed by atoms with Crippen LogP contribution in [0.3, 0.4) is 0 Å². The predicted molar refractivity (Wildman–Crippen MR) is 64.5 cm³/mol. The Morgan fingerprint density at radius 3 is 2.76 bits per heavy atom. The summed E-state index contributed by atoms with van der Waals surface area (Å²) in [5.74, 6) is 1.28. The van der Waals surface area contributed by atoms with Crippen LogP contribution in [0.2, 0.25) is 5.02 Å². The van der Waals surface area contributed by atoms with Crippen molar-refractivity contribution in [3.63, 3.8) is 0 Å². The van der Waals surface area contributed by atoms with Gasteiger partial charge in [-0.15, -0.1) is 10.2 Å². The van der Waals surface area contributed by atoms with Gasteiger partial charge in [-0.25, -0.2) is 4.39 Å². The van der Waals surface area contributed by atoms with E-state index in [-0.39, 0.29) is 5.82 Å². The van der Waals surface area contributed by atoms with Gasteiger partial charge in [-0.05, 0) is 25.1 Å². The second-order valence-electron chi connectivity index (χ2n) is 3.70. The van der Waals surface area contributed by atoms with Crippen molar-refractivity contribution in [2.45, 2.75) is 13.5 Å². The molecule has 0 aliphatic heterocycles. The second-order valence-corrected chi connectivity index (χ2v) is 4.11. The maximum Gasteiger partial charge on any atom is 0.152 e. The number of rotatable bonds is 3. The van der Waals surface area contributed by atoms with E-state index in [2.05, 4.69) is 15.5 Å². The zero-order valence-electron chi connectivity index (χ0n) is 9.54. The molecule has 0 aliphatic rings. The first kappa shape index (κ1) is 11.9. The molecular formula is C11H12ClFN4. The molecule has 0 saturated carbocycles. The highest BCUT2D eigenvalue weighted by Gasteiger charge is 2.06. The Morgan fingerprint density at radius 1 is 1.41 bits per heavy atom. The smallest absolute Gasteiger partial charge is 0.152 e.